The maximum absolute atomic E-state index is 14.1. The van der Waals surface area contributed by atoms with Crippen LogP contribution in [0.4, 0.5) is 5.69 Å². The first-order chi connectivity index (χ1) is 18.6. The van der Waals surface area contributed by atoms with Gasteiger partial charge in [0.15, 0.2) is 0 Å². The monoisotopic (exact) mass is 549 g/mol. The van der Waals surface area contributed by atoms with Gasteiger partial charge in [0.2, 0.25) is 11.8 Å². The number of carbonyl (C=O) groups is 2. The van der Waals surface area contributed by atoms with E-state index in [1.54, 1.807) is 30.3 Å². The summed E-state index contributed by atoms with van der Waals surface area (Å²) in [4.78, 5) is 28.9. The number of carbonyl (C=O) groups excluding carboxylic acids is 2. The Bertz CT molecular complexity index is 1370. The first kappa shape index (κ1) is 29.9. The summed E-state index contributed by atoms with van der Waals surface area (Å²) in [5.74, 6) is -0.694. The second kappa shape index (κ2) is 13.4. The SMILES string of the molecule is CCCNC(=O)C(CC)N(Cc1ccccc1C)C(=O)CN(c1cc(C)cc(C)c1)S(=O)(=O)c1ccccc1. The van der Waals surface area contributed by atoms with Crippen LogP contribution in [0.2, 0.25) is 0 Å². The van der Waals surface area contributed by atoms with Crippen molar-refractivity contribution in [1.82, 2.24) is 10.2 Å². The fourth-order valence-corrected chi connectivity index (χ4v) is 6.02. The molecule has 0 heterocycles. The Morgan fingerprint density at radius 1 is 0.872 bits per heavy atom. The zero-order valence-electron chi connectivity index (χ0n) is 23.5. The lowest BCUT2D eigenvalue weighted by atomic mass is 10.1. The molecule has 0 aliphatic heterocycles. The molecule has 0 aliphatic rings. The molecule has 0 spiro atoms. The first-order valence-electron chi connectivity index (χ1n) is 13.4. The Hall–Kier alpha value is -3.65. The fraction of sp³-hybridized carbons (Fsp3) is 0.355. The summed E-state index contributed by atoms with van der Waals surface area (Å²) in [5, 5.41) is 2.91. The van der Waals surface area contributed by atoms with Crippen molar-refractivity contribution in [3.63, 3.8) is 0 Å². The smallest absolute Gasteiger partial charge is 0.264 e. The van der Waals surface area contributed by atoms with Crippen molar-refractivity contribution in [3.8, 4) is 0 Å². The summed E-state index contributed by atoms with van der Waals surface area (Å²) in [6, 6.07) is 20.5. The number of amides is 2. The Morgan fingerprint density at radius 2 is 1.49 bits per heavy atom. The van der Waals surface area contributed by atoms with Crippen LogP contribution in [0.25, 0.3) is 0 Å². The third-order valence-corrected chi connectivity index (χ3v) is 8.43. The lowest BCUT2D eigenvalue weighted by molar-refractivity contribution is -0.140. The molecule has 3 rings (SSSR count). The van der Waals surface area contributed by atoms with Gasteiger partial charge in [-0.05, 0) is 80.1 Å². The predicted molar refractivity (Wildman–Crippen MR) is 156 cm³/mol. The Balaban J connectivity index is 2.08. The van der Waals surface area contributed by atoms with Gasteiger partial charge in [0, 0.05) is 13.1 Å². The van der Waals surface area contributed by atoms with Gasteiger partial charge in [0.1, 0.15) is 12.6 Å². The molecule has 8 heteroatoms. The minimum atomic E-state index is -4.08. The van der Waals surface area contributed by atoms with Crippen LogP contribution in [-0.2, 0) is 26.2 Å². The summed E-state index contributed by atoms with van der Waals surface area (Å²) in [7, 11) is -4.08. The number of hydrogen-bond donors (Lipinski definition) is 1. The van der Waals surface area contributed by atoms with Crippen LogP contribution >= 0.6 is 0 Å². The van der Waals surface area contributed by atoms with Crippen LogP contribution in [0.3, 0.4) is 0 Å². The molecule has 1 N–H and O–H groups in total. The van der Waals surface area contributed by atoms with Crippen molar-refractivity contribution in [2.75, 3.05) is 17.4 Å². The minimum absolute atomic E-state index is 0.0927. The standard InChI is InChI=1S/C31H39N3O4S/c1-6-17-32-31(36)29(7-2)33(21-26-14-12-11-13-25(26)5)30(35)22-34(27-19-23(3)18-24(4)20-27)39(37,38)28-15-9-8-10-16-28/h8-16,18-20,29H,6-7,17,21-22H2,1-5H3,(H,32,36). The van der Waals surface area contributed by atoms with E-state index < -0.39 is 28.5 Å². The molecule has 3 aromatic rings. The number of sulfonamides is 1. The van der Waals surface area contributed by atoms with Crippen LogP contribution in [0.5, 0.6) is 0 Å². The van der Waals surface area contributed by atoms with E-state index in [-0.39, 0.29) is 17.3 Å². The molecule has 0 fully saturated rings. The number of anilines is 1. The van der Waals surface area contributed by atoms with Crippen molar-refractivity contribution < 1.29 is 18.0 Å². The van der Waals surface area contributed by atoms with E-state index in [1.807, 2.05) is 65.0 Å². The maximum atomic E-state index is 14.1. The molecule has 0 aliphatic carbocycles. The molecule has 39 heavy (non-hydrogen) atoms. The molecule has 0 saturated heterocycles. The van der Waals surface area contributed by atoms with E-state index in [2.05, 4.69) is 5.32 Å². The Kier molecular flexibility index (Phi) is 10.3. The van der Waals surface area contributed by atoms with Crippen LogP contribution in [0, 0.1) is 20.8 Å². The third-order valence-electron chi connectivity index (χ3n) is 6.64. The topological polar surface area (TPSA) is 86.8 Å². The van der Waals surface area contributed by atoms with E-state index in [4.69, 9.17) is 0 Å². The fourth-order valence-electron chi connectivity index (χ4n) is 4.60. The molecular weight excluding hydrogens is 510 g/mol. The van der Waals surface area contributed by atoms with E-state index in [0.29, 0.717) is 18.7 Å². The van der Waals surface area contributed by atoms with Crippen LogP contribution in [-0.4, -0.2) is 44.3 Å². The molecule has 0 radical (unpaired) electrons. The van der Waals surface area contributed by atoms with Gasteiger partial charge in [0.05, 0.1) is 10.6 Å². The Morgan fingerprint density at radius 3 is 2.08 bits per heavy atom. The molecular formula is C31H39N3O4S. The number of nitrogens with one attached hydrogen (secondary N) is 1. The number of hydrogen-bond acceptors (Lipinski definition) is 4. The lowest BCUT2D eigenvalue weighted by Crippen LogP contribution is -2.52. The van der Waals surface area contributed by atoms with Crippen molar-refractivity contribution in [2.24, 2.45) is 0 Å². The van der Waals surface area contributed by atoms with Crippen molar-refractivity contribution in [3.05, 3.63) is 95.1 Å². The highest BCUT2D eigenvalue weighted by Crippen LogP contribution is 2.27. The molecule has 3 aromatic carbocycles. The number of rotatable bonds is 12. The zero-order chi connectivity index (χ0) is 28.6. The number of aryl methyl sites for hydroxylation is 3. The molecule has 0 aromatic heterocycles. The second-order valence-corrected chi connectivity index (χ2v) is 11.7. The molecule has 0 bridgehead atoms. The highest BCUT2D eigenvalue weighted by atomic mass is 32.2. The normalized spacial score (nSPS) is 12.0. The van der Waals surface area contributed by atoms with Gasteiger partial charge in [-0.15, -0.1) is 0 Å². The summed E-state index contributed by atoms with van der Waals surface area (Å²) in [6.45, 7) is 9.81. The molecule has 0 saturated carbocycles. The Labute approximate surface area is 232 Å². The quantitative estimate of drug-likeness (QED) is 0.339. The molecule has 1 unspecified atom stereocenters. The third kappa shape index (κ3) is 7.47. The molecule has 208 valence electrons. The molecule has 7 nitrogen and oxygen atoms in total. The zero-order valence-corrected chi connectivity index (χ0v) is 24.3. The number of benzene rings is 3. The minimum Gasteiger partial charge on any atom is -0.354 e. The first-order valence-corrected chi connectivity index (χ1v) is 14.8. The van der Waals surface area contributed by atoms with Gasteiger partial charge in [-0.2, -0.15) is 0 Å². The van der Waals surface area contributed by atoms with Gasteiger partial charge in [0.25, 0.3) is 10.0 Å². The highest BCUT2D eigenvalue weighted by molar-refractivity contribution is 7.92. The average Bonchev–Trinajstić information content (AvgIpc) is 2.91. The van der Waals surface area contributed by atoms with Crippen molar-refractivity contribution >= 4 is 27.5 Å². The van der Waals surface area contributed by atoms with Crippen molar-refractivity contribution in [1.29, 1.82) is 0 Å². The van der Waals surface area contributed by atoms with Crippen LogP contribution in [0.15, 0.2) is 77.7 Å². The summed E-state index contributed by atoms with van der Waals surface area (Å²) < 4.78 is 29.0. The van der Waals surface area contributed by atoms with Gasteiger partial charge in [-0.3, -0.25) is 13.9 Å². The molecule has 1 atom stereocenters. The van der Waals surface area contributed by atoms with E-state index in [9.17, 15) is 18.0 Å². The summed E-state index contributed by atoms with van der Waals surface area (Å²) in [6.07, 6.45) is 1.16. The van der Waals surface area contributed by atoms with Gasteiger partial charge < -0.3 is 10.2 Å². The summed E-state index contributed by atoms with van der Waals surface area (Å²) >= 11 is 0. The molecule has 2 amide bonds. The van der Waals surface area contributed by atoms with Gasteiger partial charge in [-0.25, -0.2) is 8.42 Å². The van der Waals surface area contributed by atoms with Crippen LogP contribution < -0.4 is 9.62 Å². The van der Waals surface area contributed by atoms with E-state index in [1.165, 1.54) is 17.0 Å². The van der Waals surface area contributed by atoms with Gasteiger partial charge >= 0.3 is 0 Å². The summed E-state index contributed by atoms with van der Waals surface area (Å²) in [5.41, 5.74) is 4.06. The van der Waals surface area contributed by atoms with Crippen molar-refractivity contribution in [2.45, 2.75) is 64.9 Å². The largest absolute Gasteiger partial charge is 0.354 e. The lowest BCUT2D eigenvalue weighted by Gasteiger charge is -2.33. The predicted octanol–water partition coefficient (Wildman–Crippen LogP) is 5.14. The maximum Gasteiger partial charge on any atom is 0.264 e. The second-order valence-electron chi connectivity index (χ2n) is 9.83. The highest BCUT2D eigenvalue weighted by Gasteiger charge is 2.33. The van der Waals surface area contributed by atoms with E-state index in [0.717, 1.165) is 33.0 Å². The van der Waals surface area contributed by atoms with Crippen LogP contribution in [0.1, 0.15) is 48.9 Å². The van der Waals surface area contributed by atoms with Gasteiger partial charge in [-0.1, -0.05) is 62.4 Å². The van der Waals surface area contributed by atoms with E-state index >= 15 is 0 Å². The number of nitrogens with zero attached hydrogens (tertiary/aromatic N) is 2. The average molecular weight is 550 g/mol.